The van der Waals surface area contributed by atoms with Crippen LogP contribution in [-0.4, -0.2) is 22.8 Å². The Balaban J connectivity index is 1.90. The predicted molar refractivity (Wildman–Crippen MR) is 85.3 cm³/mol. The summed E-state index contributed by atoms with van der Waals surface area (Å²) in [6, 6.07) is 0. The van der Waals surface area contributed by atoms with Gasteiger partial charge in [-0.3, -0.25) is 9.59 Å². The van der Waals surface area contributed by atoms with E-state index in [2.05, 4.69) is 19.9 Å². The monoisotopic (exact) mass is 302 g/mol. The maximum atomic E-state index is 12.4. The fraction of sp³-hybridized carbons (Fsp3) is 0.684. The first-order valence-electron chi connectivity index (χ1n) is 8.51. The fourth-order valence-electron chi connectivity index (χ4n) is 4.62. The zero-order valence-electron chi connectivity index (χ0n) is 13.7. The molecule has 120 valence electrons. The van der Waals surface area contributed by atoms with Crippen molar-refractivity contribution >= 4 is 11.6 Å². The number of carbonyl (C=O) groups excluding carboxylic acids is 2. The summed E-state index contributed by atoms with van der Waals surface area (Å²) in [5, 5.41) is 9.75. The third-order valence-electron chi connectivity index (χ3n) is 6.52. The molecule has 0 spiro atoms. The topological polar surface area (TPSA) is 54.4 Å². The number of ketones is 2. The van der Waals surface area contributed by atoms with Crippen LogP contribution in [0.25, 0.3) is 0 Å². The third-order valence-corrected chi connectivity index (χ3v) is 6.52. The van der Waals surface area contributed by atoms with E-state index in [1.807, 2.05) is 6.08 Å². The molecule has 0 aromatic heterocycles. The van der Waals surface area contributed by atoms with Crippen LogP contribution in [0.2, 0.25) is 0 Å². The second-order valence-corrected chi connectivity index (χ2v) is 7.64. The number of aliphatic hydroxyl groups is 1. The second-order valence-electron chi connectivity index (χ2n) is 7.64. The molecule has 3 fully saturated rings. The van der Waals surface area contributed by atoms with Crippen molar-refractivity contribution in [3.05, 3.63) is 23.3 Å². The third kappa shape index (κ3) is 2.30. The molecule has 0 aromatic carbocycles. The lowest BCUT2D eigenvalue weighted by Gasteiger charge is -2.46. The van der Waals surface area contributed by atoms with E-state index in [-0.39, 0.29) is 22.7 Å². The zero-order chi connectivity index (χ0) is 16.0. The van der Waals surface area contributed by atoms with Crippen molar-refractivity contribution in [1.82, 2.24) is 0 Å². The smallest absolute Gasteiger partial charge is 0.159 e. The molecule has 3 nitrogen and oxygen atoms in total. The van der Waals surface area contributed by atoms with Gasteiger partial charge >= 0.3 is 0 Å². The summed E-state index contributed by atoms with van der Waals surface area (Å²) in [6.07, 6.45) is 9.75. The average Bonchev–Trinajstić information content (AvgIpc) is 2.72. The molecule has 3 atom stereocenters. The molecule has 0 aliphatic heterocycles. The first kappa shape index (κ1) is 15.7. The largest absolute Gasteiger partial charge is 0.393 e. The molecule has 3 aliphatic rings. The number of Topliss-reactive ketones (excluding diaryl/α,β-unsaturated/α-hetero) is 2. The molecule has 1 N–H and O–H groups in total. The molecule has 0 bridgehead atoms. The second kappa shape index (κ2) is 5.45. The number of hydrogen-bond acceptors (Lipinski definition) is 3. The van der Waals surface area contributed by atoms with Crippen LogP contribution in [0, 0.1) is 10.8 Å². The molecule has 3 heteroatoms. The van der Waals surface area contributed by atoms with Crippen LogP contribution in [0.4, 0.5) is 0 Å². The molecule has 3 saturated carbocycles. The lowest BCUT2D eigenvalue weighted by atomic mass is 9.57. The number of aliphatic hydroxyl groups excluding tert-OH is 1. The summed E-state index contributed by atoms with van der Waals surface area (Å²) < 4.78 is 0. The Morgan fingerprint density at radius 3 is 2.59 bits per heavy atom. The SMILES string of the molecule is C[C@@]12CCC(=O)[C@@]1(C)CCC/C2=C\C=C1/CC(O)CCC1=O. The summed E-state index contributed by atoms with van der Waals surface area (Å²) in [5.41, 5.74) is 1.76. The Morgan fingerprint density at radius 1 is 1.05 bits per heavy atom. The average molecular weight is 302 g/mol. The van der Waals surface area contributed by atoms with Crippen molar-refractivity contribution < 1.29 is 14.7 Å². The molecule has 3 rings (SSSR count). The zero-order valence-corrected chi connectivity index (χ0v) is 13.7. The van der Waals surface area contributed by atoms with Gasteiger partial charge in [0.2, 0.25) is 0 Å². The minimum Gasteiger partial charge on any atom is -0.393 e. The van der Waals surface area contributed by atoms with Crippen LogP contribution in [-0.2, 0) is 9.59 Å². The van der Waals surface area contributed by atoms with Gasteiger partial charge in [-0.2, -0.15) is 0 Å². The highest BCUT2D eigenvalue weighted by molar-refractivity contribution is 5.96. The summed E-state index contributed by atoms with van der Waals surface area (Å²) in [5.74, 6) is 0.561. The van der Waals surface area contributed by atoms with Crippen LogP contribution >= 0.6 is 0 Å². The van der Waals surface area contributed by atoms with E-state index in [1.54, 1.807) is 0 Å². The minimum atomic E-state index is -0.386. The van der Waals surface area contributed by atoms with E-state index in [4.69, 9.17) is 0 Å². The van der Waals surface area contributed by atoms with Crippen molar-refractivity contribution in [3.8, 4) is 0 Å². The minimum absolute atomic E-state index is 0.0598. The first-order chi connectivity index (χ1) is 10.4. The summed E-state index contributed by atoms with van der Waals surface area (Å²) in [7, 11) is 0. The normalized spacial score (nSPS) is 43.0. The Labute approximate surface area is 132 Å². The molecule has 0 radical (unpaired) electrons. The van der Waals surface area contributed by atoms with Gasteiger partial charge in [0.05, 0.1) is 6.10 Å². The summed E-state index contributed by atoms with van der Waals surface area (Å²) in [4.78, 5) is 24.3. The van der Waals surface area contributed by atoms with Crippen LogP contribution in [0.15, 0.2) is 23.3 Å². The van der Waals surface area contributed by atoms with Gasteiger partial charge in [0.1, 0.15) is 5.78 Å². The Bertz CT molecular complexity index is 571. The number of hydrogen-bond donors (Lipinski definition) is 1. The molecule has 22 heavy (non-hydrogen) atoms. The highest BCUT2D eigenvalue weighted by atomic mass is 16.3. The number of rotatable bonds is 1. The number of allylic oxidation sites excluding steroid dienone is 3. The van der Waals surface area contributed by atoms with E-state index in [0.717, 1.165) is 31.3 Å². The highest BCUT2D eigenvalue weighted by Crippen LogP contribution is 2.61. The summed E-state index contributed by atoms with van der Waals surface area (Å²) >= 11 is 0. The van der Waals surface area contributed by atoms with Crippen molar-refractivity contribution in [1.29, 1.82) is 0 Å². The molecule has 0 saturated heterocycles. The van der Waals surface area contributed by atoms with E-state index in [9.17, 15) is 14.7 Å². The maximum Gasteiger partial charge on any atom is 0.159 e. The van der Waals surface area contributed by atoms with Crippen LogP contribution in [0.3, 0.4) is 0 Å². The Kier molecular flexibility index (Phi) is 3.88. The fourth-order valence-corrected chi connectivity index (χ4v) is 4.62. The van der Waals surface area contributed by atoms with E-state index in [0.29, 0.717) is 31.5 Å². The lowest BCUT2D eigenvalue weighted by molar-refractivity contribution is -0.129. The molecule has 1 unspecified atom stereocenters. The standard InChI is InChI=1S/C19H26O3/c1-18-11-9-17(22)19(18,2)10-3-4-14(18)6-5-13-12-15(20)7-8-16(13)21/h5-6,15,20H,3-4,7-12H2,1-2H3/b13-5+,14-6+/t15?,18-,19+/m0/s1. The van der Waals surface area contributed by atoms with Gasteiger partial charge in [-0.15, -0.1) is 0 Å². The van der Waals surface area contributed by atoms with Gasteiger partial charge < -0.3 is 5.11 Å². The summed E-state index contributed by atoms with van der Waals surface area (Å²) in [6.45, 7) is 4.34. The molecule has 0 amide bonds. The van der Waals surface area contributed by atoms with Crippen molar-refractivity contribution in [2.45, 2.75) is 71.3 Å². The molecule has 0 heterocycles. The van der Waals surface area contributed by atoms with E-state index < -0.39 is 0 Å². The first-order valence-corrected chi connectivity index (χ1v) is 8.51. The molecule has 0 aromatic rings. The van der Waals surface area contributed by atoms with Gasteiger partial charge in [-0.25, -0.2) is 0 Å². The van der Waals surface area contributed by atoms with Crippen molar-refractivity contribution in [3.63, 3.8) is 0 Å². The van der Waals surface area contributed by atoms with E-state index in [1.165, 1.54) is 5.57 Å². The number of carbonyl (C=O) groups is 2. The Hall–Kier alpha value is -1.22. The predicted octanol–water partition coefficient (Wildman–Crippen LogP) is 3.51. The van der Waals surface area contributed by atoms with Crippen molar-refractivity contribution in [2.75, 3.05) is 0 Å². The maximum absolute atomic E-state index is 12.4. The van der Waals surface area contributed by atoms with Gasteiger partial charge in [-0.05, 0) is 37.7 Å². The van der Waals surface area contributed by atoms with Gasteiger partial charge in [0.15, 0.2) is 5.78 Å². The molecular weight excluding hydrogens is 276 g/mol. The van der Waals surface area contributed by atoms with Crippen LogP contribution in [0.1, 0.15) is 65.2 Å². The van der Waals surface area contributed by atoms with Crippen LogP contribution in [0.5, 0.6) is 0 Å². The lowest BCUT2D eigenvalue weighted by Crippen LogP contribution is -2.41. The quantitative estimate of drug-likeness (QED) is 0.754. The van der Waals surface area contributed by atoms with Gasteiger partial charge in [-0.1, -0.05) is 31.6 Å². The Morgan fingerprint density at radius 2 is 1.82 bits per heavy atom. The van der Waals surface area contributed by atoms with Gasteiger partial charge in [0.25, 0.3) is 0 Å². The van der Waals surface area contributed by atoms with Crippen LogP contribution < -0.4 is 0 Å². The number of fused-ring (bicyclic) bond motifs is 1. The highest BCUT2D eigenvalue weighted by Gasteiger charge is 2.56. The molecule has 3 aliphatic carbocycles. The van der Waals surface area contributed by atoms with Crippen molar-refractivity contribution in [2.24, 2.45) is 10.8 Å². The van der Waals surface area contributed by atoms with Gasteiger partial charge in [0, 0.05) is 30.1 Å². The molecular formula is C19H26O3. The van der Waals surface area contributed by atoms with E-state index >= 15 is 0 Å².